The molecule has 0 radical (unpaired) electrons. The van der Waals surface area contributed by atoms with Gasteiger partial charge in [-0.3, -0.25) is 50.5 Å². The molecule has 0 rings (SSSR count). The van der Waals surface area contributed by atoms with Crippen LogP contribution in [0.3, 0.4) is 0 Å². The van der Waals surface area contributed by atoms with Crippen molar-refractivity contribution in [2.45, 2.75) is 0 Å². The SMILES string of the molecule is O=S(=O)([O-])[O-].O=S(=O)([O-])[O-].O=S(=O)([O-])[O-].O=S(=O)([O-])[O-].O=S(=O)([O-])[O-].O=S(=O)([O-])[O-].[Ce+4].[Ce+4].[NH4+].[NH4+].[NH4+].[NH4+].[NH4+].[NH4+].[O]=[Mo](=[O])([O-])[O-]. The molecule has 0 aromatic carbocycles. The topological polar surface area (TPSA) is 781 Å². The molecule has 43 heavy (non-hydrogen) atoms. The van der Waals surface area contributed by atoms with Crippen molar-refractivity contribution in [3.8, 4) is 0 Å². The Kier molecular flexibility index (Phi) is 94.5. The van der Waals surface area contributed by atoms with Gasteiger partial charge in [0, 0.05) is 62.4 Å². The average Bonchev–Trinajstić information content (AvgIpc) is 2.06. The standard InChI is InChI=1S/2Ce.Mo.6H3N.6H2O4S.4O/c;;;;;;;;;6*1-5(2,3)4;;;;/h;;;6*1H3;6*(H2,1,2,3,4);;;;/q2*+4;;;;;;;;;;;;;;;;2*-1/p-6. The summed E-state index contributed by atoms with van der Waals surface area (Å²) in [7, 11) is -31.0. The van der Waals surface area contributed by atoms with Crippen LogP contribution in [0.1, 0.15) is 0 Å². The minimum absolute atomic E-state index is 0. The summed E-state index contributed by atoms with van der Waals surface area (Å²) in [5, 5.41) is 0. The van der Waals surface area contributed by atoms with Crippen LogP contribution < -0.4 is 44.4 Å². The van der Waals surface area contributed by atoms with E-state index in [0.717, 1.165) is 0 Å². The zero-order valence-corrected chi connectivity index (χ0v) is 34.5. The molecular weight excluding hydrogens is 1100 g/mol. The summed E-state index contributed by atoms with van der Waals surface area (Å²) in [6, 6.07) is 0. The first kappa shape index (κ1) is 96.8. The van der Waals surface area contributed by atoms with Crippen LogP contribution >= 0.6 is 0 Å². The number of hydrogen-bond donors (Lipinski definition) is 6. The van der Waals surface area contributed by atoms with E-state index in [-0.39, 0.29) is 120 Å². The van der Waals surface area contributed by atoms with Crippen LogP contribution in [0.5, 0.6) is 0 Å². The predicted molar refractivity (Wildman–Crippen MR) is 100 cm³/mol. The van der Waals surface area contributed by atoms with Crippen molar-refractivity contribution in [1.82, 2.24) is 36.9 Å². The maximum absolute atomic E-state index is 8.63. The third kappa shape index (κ3) is 20500. The zero-order valence-electron chi connectivity index (χ0n) is 21.3. The van der Waals surface area contributed by atoms with Crippen molar-refractivity contribution < 1.29 is 220 Å². The van der Waals surface area contributed by atoms with E-state index in [9.17, 15) is 0 Å². The van der Waals surface area contributed by atoms with Gasteiger partial charge in [-0.25, -0.2) is 0 Å². The van der Waals surface area contributed by atoms with Gasteiger partial charge >= 0.3 is 115 Å². The van der Waals surface area contributed by atoms with Crippen LogP contribution in [-0.2, 0) is 85.9 Å². The van der Waals surface area contributed by atoms with Crippen molar-refractivity contribution in [2.75, 3.05) is 0 Å². The Morgan fingerprint density at radius 2 is 0.279 bits per heavy atom. The number of hydrogen-bond acceptors (Lipinski definition) is 28. The zero-order chi connectivity index (χ0) is 31.5. The van der Waals surface area contributed by atoms with Crippen LogP contribution in [0.15, 0.2) is 0 Å². The quantitative estimate of drug-likeness (QED) is 0.0745. The summed E-state index contributed by atoms with van der Waals surface area (Å²) in [6.45, 7) is 0. The van der Waals surface area contributed by atoms with E-state index < -0.39 is 79.1 Å². The molecule has 0 bridgehead atoms. The Morgan fingerprint density at radius 3 is 0.279 bits per heavy atom. The summed E-state index contributed by atoms with van der Waals surface area (Å²) in [5.74, 6) is 0. The fourth-order valence-electron chi connectivity index (χ4n) is 0. The van der Waals surface area contributed by atoms with Crippen molar-refractivity contribution in [2.24, 2.45) is 0 Å². The predicted octanol–water partition coefficient (Wildman–Crippen LogP) is -8.39. The van der Waals surface area contributed by atoms with Gasteiger partial charge in [0.25, 0.3) is 0 Å². The molecule has 272 valence electrons. The summed E-state index contributed by atoms with van der Waals surface area (Å²) in [6.07, 6.45) is 0. The van der Waals surface area contributed by atoms with Gasteiger partial charge in [0.1, 0.15) is 0 Å². The second-order valence-electron chi connectivity index (χ2n) is 2.86. The van der Waals surface area contributed by atoms with Crippen LogP contribution in [0.25, 0.3) is 0 Å². The fourth-order valence-corrected chi connectivity index (χ4v) is 0. The van der Waals surface area contributed by atoms with E-state index in [1.165, 1.54) is 0 Å². The minimum atomic E-state index is -6.02. The summed E-state index contributed by atoms with van der Waals surface area (Å²) in [4.78, 5) is 0. The molecule has 0 aromatic rings. The second-order valence-corrected chi connectivity index (χ2v) is 9.76. The van der Waals surface area contributed by atoms with Crippen molar-refractivity contribution in [3.05, 3.63) is 0 Å². The normalized spacial score (nSPS) is 9.44. The summed E-state index contributed by atoms with van der Waals surface area (Å²) in [5.41, 5.74) is 0. The van der Waals surface area contributed by atoms with E-state index in [4.69, 9.17) is 119 Å². The summed E-state index contributed by atoms with van der Waals surface area (Å²) >= 11 is -6.02. The molecule has 0 aromatic heterocycles. The Hall–Kier alpha value is 1.94. The Morgan fingerprint density at radius 1 is 0.279 bits per heavy atom. The van der Waals surface area contributed by atoms with Gasteiger partial charge in [0.15, 0.2) is 0 Å². The molecule has 34 nitrogen and oxygen atoms in total. The van der Waals surface area contributed by atoms with Crippen LogP contribution in [0.4, 0.5) is 0 Å². The molecule has 0 saturated carbocycles. The average molecular weight is 1120 g/mol. The molecule has 0 spiro atoms. The molecule has 0 amide bonds. The van der Waals surface area contributed by atoms with Crippen LogP contribution in [0.2, 0.25) is 0 Å². The van der Waals surface area contributed by atoms with Gasteiger partial charge in [0.2, 0.25) is 0 Å². The van der Waals surface area contributed by atoms with E-state index >= 15 is 0 Å². The molecule has 0 aliphatic rings. The van der Waals surface area contributed by atoms with Crippen molar-refractivity contribution in [3.63, 3.8) is 0 Å². The van der Waals surface area contributed by atoms with Crippen LogP contribution in [-0.4, -0.2) is 105 Å². The van der Waals surface area contributed by atoms with Crippen molar-refractivity contribution in [1.29, 1.82) is 0 Å². The Labute approximate surface area is 314 Å². The molecular formula is H24Ce2MoN6O28S6. The van der Waals surface area contributed by atoms with E-state index in [1.54, 1.807) is 0 Å². The molecule has 0 heterocycles. The van der Waals surface area contributed by atoms with E-state index in [0.29, 0.717) is 0 Å². The molecule has 0 saturated heterocycles. The Balaban J connectivity index is -0.0000000159. The van der Waals surface area contributed by atoms with Crippen LogP contribution in [0, 0.1) is 83.5 Å². The van der Waals surface area contributed by atoms with E-state index in [1.807, 2.05) is 0 Å². The molecule has 0 atom stereocenters. The molecule has 0 aliphatic heterocycles. The van der Waals surface area contributed by atoms with Gasteiger partial charge in [-0.2, -0.15) is 0 Å². The molecule has 0 aliphatic carbocycles. The van der Waals surface area contributed by atoms with E-state index in [2.05, 4.69) is 0 Å². The van der Waals surface area contributed by atoms with Gasteiger partial charge in [-0.1, -0.05) is 0 Å². The van der Waals surface area contributed by atoms with Gasteiger partial charge in [0.05, 0.1) is 0 Å². The molecule has 24 N–H and O–H groups in total. The van der Waals surface area contributed by atoms with Crippen molar-refractivity contribution >= 4 is 62.4 Å². The third-order valence-electron chi connectivity index (χ3n) is 0. The number of rotatable bonds is 0. The van der Waals surface area contributed by atoms with Gasteiger partial charge in [-0.15, -0.1) is 0 Å². The Bertz CT molecular complexity index is 943. The first-order chi connectivity index (χ1) is 14.0. The third-order valence-corrected chi connectivity index (χ3v) is 0. The fraction of sp³-hybridized carbons (Fsp3) is 0. The molecule has 0 fully saturated rings. The monoisotopic (exact) mass is 1130 g/mol. The van der Waals surface area contributed by atoms with Gasteiger partial charge in [-0.05, 0) is 0 Å². The second kappa shape index (κ2) is 42.0. The maximum atomic E-state index is 8.63. The summed E-state index contributed by atoms with van der Waals surface area (Å²) < 4.78 is 239. The first-order valence-corrected chi connectivity index (χ1v) is 15.9. The molecule has 0 unspecified atom stereocenters. The molecule has 43 heteroatoms. The first-order valence-electron chi connectivity index (χ1n) is 4.67. The number of quaternary nitrogens is 6. The van der Waals surface area contributed by atoms with Gasteiger partial charge < -0.3 is 91.5 Å².